The molecule has 2 aromatic rings. The van der Waals surface area contributed by atoms with Gasteiger partial charge in [-0.15, -0.1) is 11.8 Å². The number of amides is 1. The highest BCUT2D eigenvalue weighted by molar-refractivity contribution is 7.98. The number of hydrogen-bond donors (Lipinski definition) is 1. The Hall–Kier alpha value is -2.35. The van der Waals surface area contributed by atoms with Crippen LogP contribution in [0.15, 0.2) is 27.9 Å². The Bertz CT molecular complexity index is 772. The molecule has 2 aromatic heterocycles. The largest absolute Gasteiger partial charge is 0.452 e. The monoisotopic (exact) mass is 391 g/mol. The van der Waals surface area contributed by atoms with E-state index in [4.69, 9.17) is 9.26 Å². The highest BCUT2D eigenvalue weighted by Gasteiger charge is 2.18. The zero-order valence-electron chi connectivity index (χ0n) is 16.1. The van der Waals surface area contributed by atoms with Gasteiger partial charge in [0.25, 0.3) is 5.91 Å². The van der Waals surface area contributed by atoms with Crippen molar-refractivity contribution >= 4 is 23.6 Å². The van der Waals surface area contributed by atoms with E-state index in [1.165, 1.54) is 11.8 Å². The predicted octanol–water partition coefficient (Wildman–Crippen LogP) is 3.44. The van der Waals surface area contributed by atoms with Crippen molar-refractivity contribution in [2.45, 2.75) is 57.4 Å². The van der Waals surface area contributed by atoms with Gasteiger partial charge in [0.1, 0.15) is 10.8 Å². The molecule has 0 aromatic carbocycles. The Balaban J connectivity index is 1.96. The summed E-state index contributed by atoms with van der Waals surface area (Å²) in [5, 5.41) is 7.27. The van der Waals surface area contributed by atoms with E-state index in [0.29, 0.717) is 16.3 Å². The Morgan fingerprint density at radius 1 is 1.37 bits per heavy atom. The van der Waals surface area contributed by atoms with Crippen LogP contribution in [0.25, 0.3) is 0 Å². The van der Waals surface area contributed by atoms with E-state index in [0.717, 1.165) is 29.9 Å². The molecule has 2 heterocycles. The summed E-state index contributed by atoms with van der Waals surface area (Å²) in [4.78, 5) is 28.5. The molecule has 1 N–H and O–H groups in total. The van der Waals surface area contributed by atoms with Crippen molar-refractivity contribution in [2.75, 3.05) is 6.61 Å². The second-order valence-corrected chi connectivity index (χ2v) is 7.24. The molecule has 0 bridgehead atoms. The molecule has 0 aliphatic carbocycles. The smallest absolute Gasteiger partial charge is 0.341 e. The summed E-state index contributed by atoms with van der Waals surface area (Å²) in [5.41, 5.74) is 2.14. The van der Waals surface area contributed by atoms with Crippen molar-refractivity contribution in [3.05, 3.63) is 40.9 Å². The Morgan fingerprint density at radius 2 is 2.15 bits per heavy atom. The molecule has 0 aliphatic heterocycles. The Morgan fingerprint density at radius 3 is 2.81 bits per heavy atom. The van der Waals surface area contributed by atoms with E-state index in [1.807, 2.05) is 27.7 Å². The molecule has 1 amide bonds. The summed E-state index contributed by atoms with van der Waals surface area (Å²) in [6.07, 6.45) is 3.47. The van der Waals surface area contributed by atoms with Gasteiger partial charge < -0.3 is 14.6 Å². The van der Waals surface area contributed by atoms with Crippen LogP contribution < -0.4 is 5.32 Å². The fourth-order valence-corrected chi connectivity index (χ4v) is 3.68. The van der Waals surface area contributed by atoms with E-state index >= 15 is 0 Å². The lowest BCUT2D eigenvalue weighted by molar-refractivity contribution is -0.124. The summed E-state index contributed by atoms with van der Waals surface area (Å²) in [6, 6.07) is 3.36. The van der Waals surface area contributed by atoms with E-state index in [-0.39, 0.29) is 18.6 Å². The number of aryl methyl sites for hydroxylation is 2. The number of esters is 1. The minimum atomic E-state index is -0.567. The van der Waals surface area contributed by atoms with Gasteiger partial charge in [0, 0.05) is 23.6 Å². The molecule has 0 aliphatic rings. The van der Waals surface area contributed by atoms with Crippen molar-refractivity contribution < 1.29 is 18.8 Å². The molecule has 8 heteroatoms. The maximum absolute atomic E-state index is 12.4. The first-order chi connectivity index (χ1) is 12.9. The second kappa shape index (κ2) is 10.1. The minimum Gasteiger partial charge on any atom is -0.452 e. The molecule has 7 nitrogen and oxygen atoms in total. The number of ether oxygens (including phenoxy) is 1. The molecule has 0 radical (unpaired) electrons. The highest BCUT2D eigenvalue weighted by Crippen LogP contribution is 2.27. The standard InChI is InChI=1S/C19H25N3O4S/c1-5-7-12(2)21-17(23)10-25-19(24)15-8-6-9-20-18(15)27-11-16-13(3)22-26-14(16)4/h6,8-9,12H,5,7,10-11H2,1-4H3,(H,21,23). The highest BCUT2D eigenvalue weighted by atomic mass is 32.2. The Labute approximate surface area is 163 Å². The molecule has 1 unspecified atom stereocenters. The zero-order chi connectivity index (χ0) is 19.8. The van der Waals surface area contributed by atoms with Gasteiger partial charge in [-0.1, -0.05) is 18.5 Å². The lowest BCUT2D eigenvalue weighted by Crippen LogP contribution is -2.35. The fourth-order valence-electron chi connectivity index (χ4n) is 2.54. The molecular weight excluding hydrogens is 366 g/mol. The summed E-state index contributed by atoms with van der Waals surface area (Å²) >= 11 is 1.40. The van der Waals surface area contributed by atoms with Crippen LogP contribution in [0, 0.1) is 13.8 Å². The number of hydrogen-bond acceptors (Lipinski definition) is 7. The van der Waals surface area contributed by atoms with Gasteiger partial charge in [-0.2, -0.15) is 0 Å². The third kappa shape index (κ3) is 6.09. The fraction of sp³-hybridized carbons (Fsp3) is 0.474. The predicted molar refractivity (Wildman–Crippen MR) is 103 cm³/mol. The molecule has 2 rings (SSSR count). The maximum Gasteiger partial charge on any atom is 0.341 e. The number of nitrogens with one attached hydrogen (secondary N) is 1. The maximum atomic E-state index is 12.4. The van der Waals surface area contributed by atoms with Crippen LogP contribution >= 0.6 is 11.8 Å². The number of carbonyl (C=O) groups is 2. The summed E-state index contributed by atoms with van der Waals surface area (Å²) in [6.45, 7) is 7.39. The van der Waals surface area contributed by atoms with Gasteiger partial charge in [-0.25, -0.2) is 9.78 Å². The van der Waals surface area contributed by atoms with Gasteiger partial charge >= 0.3 is 5.97 Å². The van der Waals surface area contributed by atoms with Crippen molar-refractivity contribution in [2.24, 2.45) is 0 Å². The normalized spacial score (nSPS) is 11.9. The molecule has 0 saturated heterocycles. The van der Waals surface area contributed by atoms with Crippen molar-refractivity contribution in [1.82, 2.24) is 15.5 Å². The third-order valence-electron chi connectivity index (χ3n) is 3.99. The topological polar surface area (TPSA) is 94.3 Å². The quantitative estimate of drug-likeness (QED) is 0.517. The van der Waals surface area contributed by atoms with E-state index in [2.05, 4.69) is 15.5 Å². The lowest BCUT2D eigenvalue weighted by atomic mass is 10.2. The molecule has 146 valence electrons. The van der Waals surface area contributed by atoms with Crippen LogP contribution in [0.4, 0.5) is 0 Å². The van der Waals surface area contributed by atoms with Crippen LogP contribution in [0.3, 0.4) is 0 Å². The van der Waals surface area contributed by atoms with Crippen molar-refractivity contribution in [3.63, 3.8) is 0 Å². The molecule has 27 heavy (non-hydrogen) atoms. The van der Waals surface area contributed by atoms with Crippen molar-refractivity contribution in [1.29, 1.82) is 0 Å². The number of aromatic nitrogens is 2. The number of thioether (sulfide) groups is 1. The van der Waals surface area contributed by atoms with Crippen LogP contribution in [0.2, 0.25) is 0 Å². The van der Waals surface area contributed by atoms with Crippen molar-refractivity contribution in [3.8, 4) is 0 Å². The second-order valence-electron chi connectivity index (χ2n) is 6.28. The molecular formula is C19H25N3O4S. The number of rotatable bonds is 9. The first kappa shape index (κ1) is 21.0. The van der Waals surface area contributed by atoms with Gasteiger partial charge in [-0.3, -0.25) is 4.79 Å². The summed E-state index contributed by atoms with van der Waals surface area (Å²) in [5.74, 6) is 0.451. The zero-order valence-corrected chi connectivity index (χ0v) is 16.9. The van der Waals surface area contributed by atoms with Gasteiger partial charge in [0.2, 0.25) is 0 Å². The number of pyridine rings is 1. The number of nitrogens with zero attached hydrogens (tertiary/aromatic N) is 2. The van der Waals surface area contributed by atoms with Crippen LogP contribution in [-0.4, -0.2) is 34.7 Å². The van der Waals surface area contributed by atoms with Crippen LogP contribution in [0.5, 0.6) is 0 Å². The first-order valence-corrected chi connectivity index (χ1v) is 9.87. The van der Waals surface area contributed by atoms with Crippen LogP contribution in [0.1, 0.15) is 54.1 Å². The molecule has 0 saturated carbocycles. The molecule has 0 fully saturated rings. The average molecular weight is 391 g/mol. The Kier molecular flexibility index (Phi) is 7.84. The van der Waals surface area contributed by atoms with E-state index in [9.17, 15) is 9.59 Å². The molecule has 0 spiro atoms. The van der Waals surface area contributed by atoms with Gasteiger partial charge in [0.05, 0.1) is 11.3 Å². The minimum absolute atomic E-state index is 0.0563. The third-order valence-corrected chi connectivity index (χ3v) is 5.02. The van der Waals surface area contributed by atoms with Gasteiger partial charge in [-0.05, 0) is 39.3 Å². The summed E-state index contributed by atoms with van der Waals surface area (Å²) < 4.78 is 10.3. The molecule has 1 atom stereocenters. The van der Waals surface area contributed by atoms with Gasteiger partial charge in [0.15, 0.2) is 6.61 Å². The van der Waals surface area contributed by atoms with Crippen LogP contribution in [-0.2, 0) is 15.3 Å². The van der Waals surface area contributed by atoms with E-state index < -0.39 is 5.97 Å². The summed E-state index contributed by atoms with van der Waals surface area (Å²) in [7, 11) is 0. The lowest BCUT2D eigenvalue weighted by Gasteiger charge is -2.13. The first-order valence-electron chi connectivity index (χ1n) is 8.88. The van der Waals surface area contributed by atoms with E-state index in [1.54, 1.807) is 18.3 Å². The number of carbonyl (C=O) groups excluding carboxylic acids is 2. The SMILES string of the molecule is CCCC(C)NC(=O)COC(=O)c1cccnc1SCc1c(C)noc1C. The average Bonchev–Trinajstić information content (AvgIpc) is 2.96.